The minimum Gasteiger partial charge on any atom is -0.480 e. The van der Waals surface area contributed by atoms with Crippen molar-refractivity contribution in [3.63, 3.8) is 0 Å². The fourth-order valence-electron chi connectivity index (χ4n) is 1.89. The molecule has 0 bridgehead atoms. The lowest BCUT2D eigenvalue weighted by atomic mass is 10.0. The van der Waals surface area contributed by atoms with Crippen LogP contribution in [0.15, 0.2) is 24.3 Å². The number of nitrogens with zero attached hydrogens (tertiary/aromatic N) is 1. The number of aliphatic carboxylic acids is 1. The van der Waals surface area contributed by atoms with E-state index in [0.29, 0.717) is 37.0 Å². The van der Waals surface area contributed by atoms with Crippen LogP contribution in [0.3, 0.4) is 0 Å². The average Bonchev–Trinajstić information content (AvgIpc) is 2.37. The topological polar surface area (TPSA) is 66.6 Å². The summed E-state index contributed by atoms with van der Waals surface area (Å²) in [5.74, 6) is -0.114. The van der Waals surface area contributed by atoms with E-state index >= 15 is 0 Å². The molecule has 0 aliphatic carbocycles. The number of carboxylic acids is 1. The van der Waals surface area contributed by atoms with E-state index in [0.717, 1.165) is 5.56 Å². The second-order valence-corrected chi connectivity index (χ2v) is 4.97. The van der Waals surface area contributed by atoms with Gasteiger partial charge in [-0.25, -0.2) is 0 Å². The van der Waals surface area contributed by atoms with Crippen LogP contribution in [0.5, 0.6) is 0 Å². The number of nitrogen functional groups attached to an aromatic ring is 1. The van der Waals surface area contributed by atoms with E-state index in [1.807, 2.05) is 12.1 Å². The van der Waals surface area contributed by atoms with Crippen LogP contribution in [0.4, 0.5) is 5.69 Å². The maximum Gasteiger partial charge on any atom is 0.321 e. The molecule has 0 aliphatic heterocycles. The maximum atomic E-state index is 11.4. The molecule has 4 nitrogen and oxygen atoms in total. The Labute approximate surface area is 123 Å². The highest BCUT2D eigenvalue weighted by Crippen LogP contribution is 2.12. The number of alkyl halides is 2. The summed E-state index contributed by atoms with van der Waals surface area (Å²) in [6, 6.07) is 6.58. The minimum absolute atomic E-state index is 0.377. The molecule has 0 radical (unpaired) electrons. The molecule has 0 saturated heterocycles. The van der Waals surface area contributed by atoms with Crippen LogP contribution in [0.2, 0.25) is 0 Å². The van der Waals surface area contributed by atoms with Crippen LogP contribution in [-0.2, 0) is 11.2 Å². The second kappa shape index (κ2) is 8.25. The summed E-state index contributed by atoms with van der Waals surface area (Å²) in [6.45, 7) is 1.00. The van der Waals surface area contributed by atoms with Gasteiger partial charge in [-0.2, -0.15) is 0 Å². The van der Waals surface area contributed by atoms with Crippen molar-refractivity contribution in [3.8, 4) is 0 Å². The zero-order valence-corrected chi connectivity index (χ0v) is 12.1. The van der Waals surface area contributed by atoms with Gasteiger partial charge in [0.1, 0.15) is 6.04 Å². The van der Waals surface area contributed by atoms with Crippen molar-refractivity contribution in [2.45, 2.75) is 12.5 Å². The molecule has 1 aromatic carbocycles. The predicted octanol–water partition coefficient (Wildman–Crippen LogP) is 2.04. The highest BCUT2D eigenvalue weighted by molar-refractivity contribution is 6.18. The number of hydrogen-bond donors (Lipinski definition) is 2. The Hall–Kier alpha value is -0.970. The normalized spacial score (nSPS) is 12.6. The Bertz CT molecular complexity index is 392. The Morgan fingerprint density at radius 2 is 1.74 bits per heavy atom. The quantitative estimate of drug-likeness (QED) is 0.570. The fourth-order valence-corrected chi connectivity index (χ4v) is 2.32. The summed E-state index contributed by atoms with van der Waals surface area (Å²) < 4.78 is 0. The van der Waals surface area contributed by atoms with Gasteiger partial charge in [0.2, 0.25) is 0 Å². The van der Waals surface area contributed by atoms with Gasteiger partial charge in [-0.15, -0.1) is 23.2 Å². The van der Waals surface area contributed by atoms with Gasteiger partial charge in [-0.3, -0.25) is 9.69 Å². The van der Waals surface area contributed by atoms with Crippen molar-refractivity contribution in [3.05, 3.63) is 29.8 Å². The molecule has 0 fully saturated rings. The van der Waals surface area contributed by atoms with E-state index in [2.05, 4.69) is 0 Å². The molecular formula is C13H18Cl2N2O2. The van der Waals surface area contributed by atoms with Gasteiger partial charge >= 0.3 is 5.97 Å². The van der Waals surface area contributed by atoms with E-state index in [1.165, 1.54) is 0 Å². The summed E-state index contributed by atoms with van der Waals surface area (Å²) in [6.07, 6.45) is 0.406. The summed E-state index contributed by atoms with van der Waals surface area (Å²) in [4.78, 5) is 13.2. The molecule has 0 amide bonds. The number of carbonyl (C=O) groups is 1. The van der Waals surface area contributed by atoms with Crippen molar-refractivity contribution in [2.24, 2.45) is 0 Å². The number of benzene rings is 1. The van der Waals surface area contributed by atoms with Crippen molar-refractivity contribution in [1.82, 2.24) is 4.90 Å². The van der Waals surface area contributed by atoms with Gasteiger partial charge < -0.3 is 10.8 Å². The first-order valence-electron chi connectivity index (χ1n) is 6.01. The van der Waals surface area contributed by atoms with Crippen molar-refractivity contribution >= 4 is 34.9 Å². The number of nitrogens with two attached hydrogens (primary N) is 1. The Balaban J connectivity index is 2.80. The third kappa shape index (κ3) is 5.27. The van der Waals surface area contributed by atoms with Gasteiger partial charge in [0, 0.05) is 30.5 Å². The van der Waals surface area contributed by atoms with E-state index in [1.54, 1.807) is 17.0 Å². The molecule has 106 valence electrons. The Kier molecular flexibility index (Phi) is 6.99. The molecule has 1 aromatic rings. The van der Waals surface area contributed by atoms with Crippen LogP contribution in [0.25, 0.3) is 0 Å². The molecule has 0 heterocycles. The molecule has 0 aromatic heterocycles. The zero-order chi connectivity index (χ0) is 14.3. The molecule has 0 saturated carbocycles. The summed E-state index contributed by atoms with van der Waals surface area (Å²) >= 11 is 11.4. The molecule has 6 heteroatoms. The van der Waals surface area contributed by atoms with Crippen molar-refractivity contribution < 1.29 is 9.90 Å². The Morgan fingerprint density at radius 3 is 2.16 bits per heavy atom. The number of carboxylic acid groups (broad SMARTS) is 1. The maximum absolute atomic E-state index is 11.4. The molecule has 0 aliphatic rings. The summed E-state index contributed by atoms with van der Waals surface area (Å²) in [7, 11) is 0. The van der Waals surface area contributed by atoms with E-state index in [-0.39, 0.29) is 0 Å². The number of hydrogen-bond acceptors (Lipinski definition) is 3. The molecular weight excluding hydrogens is 287 g/mol. The average molecular weight is 305 g/mol. The fraction of sp³-hybridized carbons (Fsp3) is 0.462. The van der Waals surface area contributed by atoms with Crippen molar-refractivity contribution in [2.75, 3.05) is 30.6 Å². The first-order valence-corrected chi connectivity index (χ1v) is 7.08. The first-order chi connectivity index (χ1) is 9.08. The molecule has 1 rings (SSSR count). The monoisotopic (exact) mass is 304 g/mol. The van der Waals surface area contributed by atoms with Gasteiger partial charge in [0.25, 0.3) is 0 Å². The van der Waals surface area contributed by atoms with Gasteiger partial charge in [-0.05, 0) is 24.1 Å². The highest BCUT2D eigenvalue weighted by atomic mass is 35.5. The van der Waals surface area contributed by atoms with Gasteiger partial charge in [-0.1, -0.05) is 12.1 Å². The lowest BCUT2D eigenvalue weighted by molar-refractivity contribution is -0.143. The van der Waals surface area contributed by atoms with E-state index in [4.69, 9.17) is 28.9 Å². The number of halogens is 2. The van der Waals surface area contributed by atoms with Gasteiger partial charge in [0.05, 0.1) is 0 Å². The highest BCUT2D eigenvalue weighted by Gasteiger charge is 2.25. The van der Waals surface area contributed by atoms with Crippen LogP contribution < -0.4 is 5.73 Å². The third-order valence-electron chi connectivity index (χ3n) is 2.88. The van der Waals surface area contributed by atoms with E-state index in [9.17, 15) is 9.90 Å². The van der Waals surface area contributed by atoms with Gasteiger partial charge in [0.15, 0.2) is 0 Å². The smallest absolute Gasteiger partial charge is 0.321 e. The lowest BCUT2D eigenvalue weighted by Gasteiger charge is -2.27. The molecule has 3 N–H and O–H groups in total. The SMILES string of the molecule is Nc1ccc(C[C@@H](C(=O)O)N(CCCl)CCCl)cc1. The second-order valence-electron chi connectivity index (χ2n) is 4.21. The van der Waals surface area contributed by atoms with Crippen LogP contribution in [0.1, 0.15) is 5.56 Å². The van der Waals surface area contributed by atoms with Crippen LogP contribution in [0, 0.1) is 0 Å². The first kappa shape index (κ1) is 16.1. The van der Waals surface area contributed by atoms with Crippen molar-refractivity contribution in [1.29, 1.82) is 0 Å². The lowest BCUT2D eigenvalue weighted by Crippen LogP contribution is -2.44. The standard InChI is InChI=1S/C13H18Cl2N2O2/c14-5-7-17(8-6-15)12(13(18)19)9-10-1-3-11(16)4-2-10/h1-4,12H,5-9,16H2,(H,18,19)/t12-/m0/s1. The third-order valence-corrected chi connectivity index (χ3v) is 3.22. The largest absolute Gasteiger partial charge is 0.480 e. The Morgan fingerprint density at radius 1 is 1.21 bits per heavy atom. The predicted molar refractivity (Wildman–Crippen MR) is 79.0 cm³/mol. The minimum atomic E-state index is -0.868. The zero-order valence-electron chi connectivity index (χ0n) is 10.6. The van der Waals surface area contributed by atoms with E-state index < -0.39 is 12.0 Å². The summed E-state index contributed by atoms with van der Waals surface area (Å²) in [5.41, 5.74) is 7.20. The molecule has 0 spiro atoms. The summed E-state index contributed by atoms with van der Waals surface area (Å²) in [5, 5.41) is 9.36. The van der Waals surface area contributed by atoms with Crippen LogP contribution in [-0.4, -0.2) is 46.9 Å². The number of anilines is 1. The molecule has 0 unspecified atom stereocenters. The number of rotatable bonds is 8. The molecule has 19 heavy (non-hydrogen) atoms. The van der Waals surface area contributed by atoms with Crippen LogP contribution >= 0.6 is 23.2 Å². The molecule has 1 atom stereocenters.